The Bertz CT molecular complexity index is 522. The van der Waals surface area contributed by atoms with E-state index in [0.717, 1.165) is 19.3 Å². The van der Waals surface area contributed by atoms with Crippen LogP contribution in [-0.4, -0.2) is 34.5 Å². The molecule has 1 aliphatic carbocycles. The maximum absolute atomic E-state index is 12.3. The van der Waals surface area contributed by atoms with Gasteiger partial charge in [-0.15, -0.1) is 0 Å². The Morgan fingerprint density at radius 2 is 1.90 bits per heavy atom. The van der Waals surface area contributed by atoms with E-state index < -0.39 is 12.0 Å². The number of hydrogen-bond acceptors (Lipinski definition) is 2. The summed E-state index contributed by atoms with van der Waals surface area (Å²) >= 11 is 0. The molecule has 1 saturated heterocycles. The number of benzene rings is 1. The molecule has 0 radical (unpaired) electrons. The summed E-state index contributed by atoms with van der Waals surface area (Å²) in [5.74, 6) is 0.142. The Morgan fingerprint density at radius 3 is 2.57 bits per heavy atom. The third-order valence-corrected chi connectivity index (χ3v) is 4.83. The van der Waals surface area contributed by atoms with Crippen molar-refractivity contribution in [2.24, 2.45) is 5.92 Å². The number of rotatable bonds is 4. The van der Waals surface area contributed by atoms with Crippen molar-refractivity contribution in [1.82, 2.24) is 4.90 Å². The number of carboxylic acid groups (broad SMARTS) is 1. The first-order valence-corrected chi connectivity index (χ1v) is 7.72. The van der Waals surface area contributed by atoms with E-state index in [2.05, 4.69) is 24.3 Å². The maximum Gasteiger partial charge on any atom is 0.326 e. The van der Waals surface area contributed by atoms with E-state index >= 15 is 0 Å². The van der Waals surface area contributed by atoms with Crippen LogP contribution in [0.3, 0.4) is 0 Å². The number of likely N-dealkylation sites (tertiary alicyclic amines) is 1. The minimum atomic E-state index is -0.864. The highest BCUT2D eigenvalue weighted by Crippen LogP contribution is 2.43. The van der Waals surface area contributed by atoms with Crippen LogP contribution in [-0.2, 0) is 9.59 Å². The van der Waals surface area contributed by atoms with Crippen LogP contribution in [0, 0.1) is 5.92 Å². The molecule has 4 nitrogen and oxygen atoms in total. The lowest BCUT2D eigenvalue weighted by atomic mass is 9.70. The minimum absolute atomic E-state index is 0.0245. The molecule has 1 saturated carbocycles. The van der Waals surface area contributed by atoms with Crippen molar-refractivity contribution >= 4 is 11.9 Å². The molecule has 1 aromatic carbocycles. The third-order valence-electron chi connectivity index (χ3n) is 4.83. The van der Waals surface area contributed by atoms with Gasteiger partial charge in [0.2, 0.25) is 5.91 Å². The van der Waals surface area contributed by atoms with Gasteiger partial charge in [0, 0.05) is 13.0 Å². The summed E-state index contributed by atoms with van der Waals surface area (Å²) in [7, 11) is 0. The van der Waals surface area contributed by atoms with Gasteiger partial charge in [-0.05, 0) is 43.1 Å². The van der Waals surface area contributed by atoms with Crippen molar-refractivity contribution in [3.63, 3.8) is 0 Å². The fourth-order valence-electron chi connectivity index (χ4n) is 3.59. The standard InChI is InChI=1S/C17H21NO3/c19-16(18-8-4-7-15(18)17(20)21)11-12-9-14(10-12)13-5-2-1-3-6-13/h1-3,5-6,12,14-15H,4,7-11H2,(H,20,21)/t12?,14?,15-/m0/s1. The van der Waals surface area contributed by atoms with Gasteiger partial charge in [0.1, 0.15) is 6.04 Å². The zero-order valence-electron chi connectivity index (χ0n) is 12.1. The highest BCUT2D eigenvalue weighted by molar-refractivity contribution is 5.84. The smallest absolute Gasteiger partial charge is 0.326 e. The molecule has 112 valence electrons. The molecule has 1 N–H and O–H groups in total. The first kappa shape index (κ1) is 14.1. The average molecular weight is 287 g/mol. The molecule has 4 heteroatoms. The first-order chi connectivity index (χ1) is 10.1. The van der Waals surface area contributed by atoms with Crippen molar-refractivity contribution < 1.29 is 14.7 Å². The molecule has 0 aromatic heterocycles. The lowest BCUT2D eigenvalue weighted by Crippen LogP contribution is -2.42. The lowest BCUT2D eigenvalue weighted by Gasteiger charge is -2.36. The highest BCUT2D eigenvalue weighted by Gasteiger charge is 2.37. The van der Waals surface area contributed by atoms with Gasteiger partial charge in [0.25, 0.3) is 0 Å². The topological polar surface area (TPSA) is 57.6 Å². The van der Waals surface area contributed by atoms with Crippen molar-refractivity contribution in [2.75, 3.05) is 6.54 Å². The Morgan fingerprint density at radius 1 is 1.19 bits per heavy atom. The zero-order valence-corrected chi connectivity index (χ0v) is 12.1. The second-order valence-corrected chi connectivity index (χ2v) is 6.23. The van der Waals surface area contributed by atoms with Crippen molar-refractivity contribution in [1.29, 1.82) is 0 Å². The Hall–Kier alpha value is -1.84. The van der Waals surface area contributed by atoms with Crippen LogP contribution >= 0.6 is 0 Å². The summed E-state index contributed by atoms with van der Waals surface area (Å²) in [4.78, 5) is 25.0. The second-order valence-electron chi connectivity index (χ2n) is 6.23. The van der Waals surface area contributed by atoms with Crippen LogP contribution < -0.4 is 0 Å². The Balaban J connectivity index is 1.50. The van der Waals surface area contributed by atoms with E-state index in [9.17, 15) is 9.59 Å². The molecule has 1 aromatic rings. The lowest BCUT2D eigenvalue weighted by molar-refractivity contribution is -0.148. The van der Waals surface area contributed by atoms with Gasteiger partial charge < -0.3 is 10.0 Å². The molecule has 1 atom stereocenters. The second kappa shape index (κ2) is 5.88. The van der Waals surface area contributed by atoms with Gasteiger partial charge >= 0.3 is 5.97 Å². The molecule has 2 fully saturated rings. The van der Waals surface area contributed by atoms with Crippen LogP contribution in [0.5, 0.6) is 0 Å². The number of carbonyl (C=O) groups is 2. The molecule has 0 bridgehead atoms. The summed E-state index contributed by atoms with van der Waals surface area (Å²) < 4.78 is 0. The van der Waals surface area contributed by atoms with E-state index in [1.54, 1.807) is 4.90 Å². The number of carboxylic acids is 1. The number of nitrogens with zero attached hydrogens (tertiary/aromatic N) is 1. The molecule has 1 aliphatic heterocycles. The molecule has 1 heterocycles. The quantitative estimate of drug-likeness (QED) is 0.926. The molecular weight excluding hydrogens is 266 g/mol. The monoisotopic (exact) mass is 287 g/mol. The van der Waals surface area contributed by atoms with Crippen molar-refractivity contribution in [3.8, 4) is 0 Å². The van der Waals surface area contributed by atoms with Crippen LogP contribution in [0.15, 0.2) is 30.3 Å². The molecular formula is C17H21NO3. The van der Waals surface area contributed by atoms with Gasteiger partial charge in [-0.3, -0.25) is 4.79 Å². The number of amides is 1. The summed E-state index contributed by atoms with van der Waals surface area (Å²) in [6.07, 6.45) is 3.99. The van der Waals surface area contributed by atoms with E-state index in [0.29, 0.717) is 31.2 Å². The third kappa shape index (κ3) is 2.94. The molecule has 2 aliphatic rings. The Kier molecular flexibility index (Phi) is 3.95. The van der Waals surface area contributed by atoms with Gasteiger partial charge in [0.05, 0.1) is 0 Å². The largest absolute Gasteiger partial charge is 0.480 e. The summed E-state index contributed by atoms with van der Waals surface area (Å²) in [5, 5.41) is 9.13. The summed E-state index contributed by atoms with van der Waals surface area (Å²) in [6.45, 7) is 0.602. The minimum Gasteiger partial charge on any atom is -0.480 e. The first-order valence-electron chi connectivity index (χ1n) is 7.72. The van der Waals surface area contributed by atoms with Crippen molar-refractivity contribution in [3.05, 3.63) is 35.9 Å². The molecule has 0 spiro atoms. The maximum atomic E-state index is 12.3. The Labute approximate surface area is 124 Å². The molecule has 3 rings (SSSR count). The van der Waals surface area contributed by atoms with Crippen LogP contribution in [0.2, 0.25) is 0 Å². The van der Waals surface area contributed by atoms with E-state index in [1.165, 1.54) is 5.56 Å². The SMILES string of the molecule is O=C(O)[C@@H]1CCCN1C(=O)CC1CC(c2ccccc2)C1. The van der Waals surface area contributed by atoms with Crippen molar-refractivity contribution in [2.45, 2.75) is 44.1 Å². The van der Waals surface area contributed by atoms with Crippen LogP contribution in [0.1, 0.15) is 43.6 Å². The number of aliphatic carboxylic acids is 1. The predicted octanol–water partition coefficient (Wildman–Crippen LogP) is 2.65. The fourth-order valence-corrected chi connectivity index (χ4v) is 3.59. The molecule has 21 heavy (non-hydrogen) atoms. The van der Waals surface area contributed by atoms with Crippen LogP contribution in [0.4, 0.5) is 0 Å². The normalized spacial score (nSPS) is 28.2. The zero-order chi connectivity index (χ0) is 14.8. The molecule has 0 unspecified atom stereocenters. The average Bonchev–Trinajstić information content (AvgIpc) is 2.92. The number of hydrogen-bond donors (Lipinski definition) is 1. The molecule has 1 amide bonds. The van der Waals surface area contributed by atoms with E-state index in [1.807, 2.05) is 6.07 Å². The fraction of sp³-hybridized carbons (Fsp3) is 0.529. The summed E-state index contributed by atoms with van der Waals surface area (Å²) in [6, 6.07) is 9.81. The predicted molar refractivity (Wildman–Crippen MR) is 78.9 cm³/mol. The van der Waals surface area contributed by atoms with Gasteiger partial charge in [-0.2, -0.15) is 0 Å². The van der Waals surface area contributed by atoms with Crippen LogP contribution in [0.25, 0.3) is 0 Å². The van der Waals surface area contributed by atoms with E-state index in [4.69, 9.17) is 5.11 Å². The van der Waals surface area contributed by atoms with Gasteiger partial charge in [-0.25, -0.2) is 4.79 Å². The van der Waals surface area contributed by atoms with E-state index in [-0.39, 0.29) is 5.91 Å². The van der Waals surface area contributed by atoms with Gasteiger partial charge in [-0.1, -0.05) is 30.3 Å². The summed E-state index contributed by atoms with van der Waals surface area (Å²) in [5.41, 5.74) is 1.35. The van der Waals surface area contributed by atoms with Gasteiger partial charge in [0.15, 0.2) is 0 Å². The highest BCUT2D eigenvalue weighted by atomic mass is 16.4. The number of carbonyl (C=O) groups excluding carboxylic acids is 1.